The molecule has 0 aliphatic heterocycles. The van der Waals surface area contributed by atoms with Gasteiger partial charge in [-0.05, 0) is 44.0 Å². The molecule has 0 spiro atoms. The fraction of sp³-hybridized carbons (Fsp3) is 0.267. The molecule has 1 aromatic heterocycles. The van der Waals surface area contributed by atoms with Gasteiger partial charge in [0.05, 0.1) is 11.3 Å². The number of hydrogen-bond donors (Lipinski definition) is 2. The van der Waals surface area contributed by atoms with Gasteiger partial charge in [-0.3, -0.25) is 0 Å². The molecule has 1 heterocycles. The molecule has 19 heavy (non-hydrogen) atoms. The van der Waals surface area contributed by atoms with Gasteiger partial charge in [-0.2, -0.15) is 0 Å². The van der Waals surface area contributed by atoms with Crippen molar-refractivity contribution < 1.29 is 9.90 Å². The van der Waals surface area contributed by atoms with E-state index in [4.69, 9.17) is 0 Å². The monoisotopic (exact) mass is 275 g/mol. The fourth-order valence-corrected chi connectivity index (χ4v) is 2.99. The van der Waals surface area contributed by atoms with E-state index in [-0.39, 0.29) is 0 Å². The Bertz CT molecular complexity index is 597. The average Bonchev–Trinajstić information content (AvgIpc) is 2.67. The molecule has 2 aromatic rings. The minimum absolute atomic E-state index is 0.324. The van der Waals surface area contributed by atoms with Crippen molar-refractivity contribution in [3.05, 3.63) is 50.7 Å². The zero-order valence-electron chi connectivity index (χ0n) is 11.3. The summed E-state index contributed by atoms with van der Waals surface area (Å²) < 4.78 is 0. The maximum absolute atomic E-state index is 11.2. The van der Waals surface area contributed by atoms with Gasteiger partial charge in [-0.1, -0.05) is 12.1 Å². The zero-order valence-corrected chi connectivity index (χ0v) is 12.1. The molecule has 2 rings (SSSR count). The summed E-state index contributed by atoms with van der Waals surface area (Å²) >= 11 is 1.74. The Labute approximate surface area is 116 Å². The van der Waals surface area contributed by atoms with Gasteiger partial charge in [0.1, 0.15) is 0 Å². The van der Waals surface area contributed by atoms with Crippen LogP contribution in [0.2, 0.25) is 0 Å². The van der Waals surface area contributed by atoms with Crippen molar-refractivity contribution in [2.45, 2.75) is 27.3 Å². The molecule has 0 unspecified atom stereocenters. The summed E-state index contributed by atoms with van der Waals surface area (Å²) in [5, 5.41) is 12.4. The zero-order chi connectivity index (χ0) is 14.0. The van der Waals surface area contributed by atoms with E-state index >= 15 is 0 Å². The first-order chi connectivity index (χ1) is 8.99. The van der Waals surface area contributed by atoms with Crippen molar-refractivity contribution in [2.75, 3.05) is 5.32 Å². The summed E-state index contributed by atoms with van der Waals surface area (Å²) in [4.78, 5) is 13.7. The number of aryl methyl sites for hydroxylation is 3. The Kier molecular flexibility index (Phi) is 3.90. The lowest BCUT2D eigenvalue weighted by atomic mass is 10.1. The maximum atomic E-state index is 11.2. The molecule has 100 valence electrons. The Morgan fingerprint density at radius 2 is 2.00 bits per heavy atom. The molecular weight excluding hydrogens is 258 g/mol. The number of carboxylic acids is 1. The highest BCUT2D eigenvalue weighted by atomic mass is 32.1. The van der Waals surface area contributed by atoms with Crippen molar-refractivity contribution in [3.8, 4) is 0 Å². The van der Waals surface area contributed by atoms with Gasteiger partial charge in [-0.15, -0.1) is 11.3 Å². The second kappa shape index (κ2) is 5.45. The van der Waals surface area contributed by atoms with E-state index in [0.717, 1.165) is 5.56 Å². The number of para-hydroxylation sites is 1. The van der Waals surface area contributed by atoms with Crippen LogP contribution >= 0.6 is 11.3 Å². The van der Waals surface area contributed by atoms with Crippen LogP contribution in [0.3, 0.4) is 0 Å². The fourth-order valence-electron chi connectivity index (χ4n) is 1.99. The maximum Gasteiger partial charge on any atom is 0.337 e. The lowest BCUT2D eigenvalue weighted by Crippen LogP contribution is -2.07. The van der Waals surface area contributed by atoms with Crippen molar-refractivity contribution in [2.24, 2.45) is 0 Å². The summed E-state index contributed by atoms with van der Waals surface area (Å²) in [7, 11) is 0. The number of benzene rings is 1. The van der Waals surface area contributed by atoms with E-state index < -0.39 is 5.97 Å². The van der Waals surface area contributed by atoms with Crippen LogP contribution in [0.25, 0.3) is 0 Å². The Morgan fingerprint density at radius 3 is 2.58 bits per heavy atom. The van der Waals surface area contributed by atoms with E-state index in [9.17, 15) is 9.90 Å². The second-order valence-corrected chi connectivity index (χ2v) is 5.95. The summed E-state index contributed by atoms with van der Waals surface area (Å²) in [6.07, 6.45) is 0. The molecule has 0 saturated heterocycles. The van der Waals surface area contributed by atoms with Crippen molar-refractivity contribution in [3.63, 3.8) is 0 Å². The molecule has 4 heteroatoms. The molecule has 3 nitrogen and oxygen atoms in total. The highest BCUT2D eigenvalue weighted by Crippen LogP contribution is 2.24. The van der Waals surface area contributed by atoms with Crippen LogP contribution in [0.5, 0.6) is 0 Å². The molecule has 0 saturated carbocycles. The number of hydrogen-bond acceptors (Lipinski definition) is 3. The van der Waals surface area contributed by atoms with E-state index in [2.05, 4.69) is 25.2 Å². The van der Waals surface area contributed by atoms with Gasteiger partial charge in [0.15, 0.2) is 0 Å². The average molecular weight is 275 g/mol. The summed E-state index contributed by atoms with van der Waals surface area (Å²) in [5.74, 6) is -0.898. The van der Waals surface area contributed by atoms with Crippen LogP contribution in [0.15, 0.2) is 24.3 Å². The van der Waals surface area contributed by atoms with E-state index in [1.54, 1.807) is 23.5 Å². The van der Waals surface area contributed by atoms with Gasteiger partial charge in [0.2, 0.25) is 0 Å². The van der Waals surface area contributed by atoms with Crippen molar-refractivity contribution in [1.82, 2.24) is 0 Å². The first-order valence-corrected chi connectivity index (χ1v) is 6.93. The number of nitrogens with one attached hydrogen (secondary N) is 1. The van der Waals surface area contributed by atoms with Crippen molar-refractivity contribution in [1.29, 1.82) is 0 Å². The molecule has 0 atom stereocenters. The minimum atomic E-state index is -0.898. The predicted molar refractivity (Wildman–Crippen MR) is 79.3 cm³/mol. The molecule has 1 aromatic carbocycles. The Morgan fingerprint density at radius 1 is 1.26 bits per heavy atom. The van der Waals surface area contributed by atoms with E-state index in [1.807, 2.05) is 13.0 Å². The molecule has 0 aliphatic rings. The Balaban J connectivity index is 2.21. The number of aromatic carboxylic acids is 1. The molecule has 0 aliphatic carbocycles. The van der Waals surface area contributed by atoms with Gasteiger partial charge in [0, 0.05) is 16.3 Å². The SMILES string of the molecule is Cc1cc(CNc2c(C)cccc2C(=O)O)sc1C. The normalized spacial score (nSPS) is 10.5. The van der Waals surface area contributed by atoms with Crippen LogP contribution < -0.4 is 5.32 Å². The summed E-state index contributed by atoms with van der Waals surface area (Å²) in [6.45, 7) is 6.76. The minimum Gasteiger partial charge on any atom is -0.478 e. The first kappa shape index (κ1) is 13.6. The molecular formula is C15H17NO2S. The van der Waals surface area contributed by atoms with E-state index in [1.165, 1.54) is 15.3 Å². The summed E-state index contributed by atoms with van der Waals surface area (Å²) in [6, 6.07) is 7.46. The van der Waals surface area contributed by atoms with Crippen molar-refractivity contribution >= 4 is 23.0 Å². The van der Waals surface area contributed by atoms with E-state index in [0.29, 0.717) is 17.8 Å². The first-order valence-electron chi connectivity index (χ1n) is 6.11. The smallest absolute Gasteiger partial charge is 0.337 e. The third-order valence-corrected chi connectivity index (χ3v) is 4.31. The highest BCUT2D eigenvalue weighted by molar-refractivity contribution is 7.12. The van der Waals surface area contributed by atoms with Gasteiger partial charge in [0.25, 0.3) is 0 Å². The molecule has 0 bridgehead atoms. The molecule has 2 N–H and O–H groups in total. The number of thiophene rings is 1. The summed E-state index contributed by atoms with van der Waals surface area (Å²) in [5.41, 5.74) is 3.26. The van der Waals surface area contributed by atoms with Crippen LogP contribution in [0.4, 0.5) is 5.69 Å². The molecule has 0 amide bonds. The number of rotatable bonds is 4. The van der Waals surface area contributed by atoms with Gasteiger partial charge in [-0.25, -0.2) is 4.79 Å². The highest BCUT2D eigenvalue weighted by Gasteiger charge is 2.12. The van der Waals surface area contributed by atoms with Gasteiger partial charge < -0.3 is 10.4 Å². The lowest BCUT2D eigenvalue weighted by molar-refractivity contribution is 0.0698. The lowest BCUT2D eigenvalue weighted by Gasteiger charge is -2.11. The third-order valence-electron chi connectivity index (χ3n) is 3.16. The quantitative estimate of drug-likeness (QED) is 0.887. The second-order valence-electron chi connectivity index (χ2n) is 4.61. The van der Waals surface area contributed by atoms with Gasteiger partial charge >= 0.3 is 5.97 Å². The van der Waals surface area contributed by atoms with Crippen LogP contribution in [-0.4, -0.2) is 11.1 Å². The molecule has 0 radical (unpaired) electrons. The van der Waals surface area contributed by atoms with Crippen LogP contribution in [0, 0.1) is 20.8 Å². The predicted octanol–water partition coefficient (Wildman–Crippen LogP) is 3.98. The standard InChI is InChI=1S/C15H17NO2S/c1-9-5-4-6-13(15(17)18)14(9)16-8-12-7-10(2)11(3)19-12/h4-7,16H,8H2,1-3H3,(H,17,18). The number of carbonyl (C=O) groups is 1. The molecule has 0 fully saturated rings. The number of anilines is 1. The topological polar surface area (TPSA) is 49.3 Å². The number of carboxylic acid groups (broad SMARTS) is 1. The largest absolute Gasteiger partial charge is 0.478 e. The van der Waals surface area contributed by atoms with Crippen LogP contribution in [0.1, 0.15) is 31.2 Å². The van der Waals surface area contributed by atoms with Crippen LogP contribution in [-0.2, 0) is 6.54 Å². The Hall–Kier alpha value is -1.81. The third kappa shape index (κ3) is 2.96.